The van der Waals surface area contributed by atoms with Crippen molar-refractivity contribution in [3.8, 4) is 0 Å². The van der Waals surface area contributed by atoms with Gasteiger partial charge in [0.15, 0.2) is 4.77 Å². The Labute approximate surface area is 119 Å². The molecule has 0 bridgehead atoms. The summed E-state index contributed by atoms with van der Waals surface area (Å²) >= 11 is 5.22. The molecule has 3 nitrogen and oxygen atoms in total. The highest BCUT2D eigenvalue weighted by atomic mass is 32.1. The summed E-state index contributed by atoms with van der Waals surface area (Å²) in [5, 5.41) is 9.34. The summed E-state index contributed by atoms with van der Waals surface area (Å²) in [5.41, 5.74) is 1.97. The molecule has 0 unspecified atom stereocenters. The molecule has 1 aromatic heterocycles. The lowest BCUT2D eigenvalue weighted by molar-refractivity contribution is 0.262. The second-order valence-corrected chi connectivity index (χ2v) is 5.42. The minimum Gasteiger partial charge on any atom is -0.390 e. The smallest absolute Gasteiger partial charge is 0.177 e. The number of imidazole rings is 1. The van der Waals surface area contributed by atoms with Crippen LogP contribution in [0, 0.1) is 16.4 Å². The maximum absolute atomic E-state index is 13.7. The van der Waals surface area contributed by atoms with E-state index in [1.165, 1.54) is 6.07 Å². The van der Waals surface area contributed by atoms with Crippen molar-refractivity contribution in [1.82, 2.24) is 9.55 Å². The van der Waals surface area contributed by atoms with E-state index in [2.05, 4.69) is 4.98 Å². The Hall–Kier alpha value is -1.53. The first kappa shape index (κ1) is 13.5. The van der Waals surface area contributed by atoms with Gasteiger partial charge in [0.1, 0.15) is 11.6 Å². The van der Waals surface area contributed by atoms with Crippen LogP contribution in [-0.2, 0) is 19.4 Å². The molecule has 20 heavy (non-hydrogen) atoms. The Balaban J connectivity index is 2.00. The van der Waals surface area contributed by atoms with Crippen LogP contribution in [0.2, 0.25) is 0 Å². The van der Waals surface area contributed by atoms with Crippen LogP contribution in [0.4, 0.5) is 8.78 Å². The number of halogens is 2. The van der Waals surface area contributed by atoms with E-state index in [9.17, 15) is 13.9 Å². The number of aliphatic hydroxyl groups is 1. The van der Waals surface area contributed by atoms with Crippen molar-refractivity contribution < 1.29 is 13.9 Å². The average Bonchev–Trinajstić information content (AvgIpc) is 2.78. The molecular weight excluding hydrogens is 282 g/mol. The highest BCUT2D eigenvalue weighted by Gasteiger charge is 2.25. The predicted octanol–water partition coefficient (Wildman–Crippen LogP) is 3.05. The molecule has 6 heteroatoms. The summed E-state index contributed by atoms with van der Waals surface area (Å²) in [6.07, 6.45) is 3.45. The summed E-state index contributed by atoms with van der Waals surface area (Å²) in [6, 6.07) is 2.34. The maximum Gasteiger partial charge on any atom is 0.177 e. The molecule has 0 saturated carbocycles. The summed E-state index contributed by atoms with van der Waals surface area (Å²) in [5.74, 6) is -1.03. The largest absolute Gasteiger partial charge is 0.390 e. The summed E-state index contributed by atoms with van der Waals surface area (Å²) in [7, 11) is 0. The van der Waals surface area contributed by atoms with Crippen LogP contribution in [0.5, 0.6) is 0 Å². The second kappa shape index (κ2) is 5.10. The Morgan fingerprint density at radius 2 is 2.20 bits per heavy atom. The zero-order valence-electron chi connectivity index (χ0n) is 10.7. The number of benzene rings is 1. The lowest BCUT2D eigenvalue weighted by Gasteiger charge is -2.27. The number of nitrogens with one attached hydrogen (secondary N) is 1. The quantitative estimate of drug-likeness (QED) is 0.836. The van der Waals surface area contributed by atoms with E-state index in [4.69, 9.17) is 12.2 Å². The highest BCUT2D eigenvalue weighted by Crippen LogP contribution is 2.32. The molecule has 1 heterocycles. The van der Waals surface area contributed by atoms with Crippen LogP contribution in [0.1, 0.15) is 29.3 Å². The van der Waals surface area contributed by atoms with Crippen molar-refractivity contribution >= 4 is 12.2 Å². The number of hydrogen-bond donors (Lipinski definition) is 2. The lowest BCUT2D eigenvalue weighted by atomic mass is 9.87. The molecule has 0 radical (unpaired) electrons. The van der Waals surface area contributed by atoms with E-state index >= 15 is 0 Å². The maximum atomic E-state index is 13.7. The first-order valence-corrected chi connectivity index (χ1v) is 6.87. The average molecular weight is 296 g/mol. The zero-order valence-corrected chi connectivity index (χ0v) is 11.5. The molecule has 0 fully saturated rings. The molecule has 1 aliphatic carbocycles. The molecule has 0 saturated heterocycles. The number of fused-ring (bicyclic) bond motifs is 1. The standard InChI is InChI=1S/C14H14F2N2OS/c15-9-3-8-4-10(1-2-12(8)13(16)5-9)18-11(7-19)6-17-14(18)20/h3,5-6,10,19H,1-2,4,7H2,(H,17,20)/t10-/m0/s1. The molecule has 0 amide bonds. The van der Waals surface area contributed by atoms with Gasteiger partial charge in [0.2, 0.25) is 0 Å². The van der Waals surface area contributed by atoms with Crippen LogP contribution in [-0.4, -0.2) is 14.7 Å². The number of aromatic amines is 1. The number of aliphatic hydroxyl groups excluding tert-OH is 1. The SMILES string of the molecule is OCc1c[nH]c(=S)n1[C@H]1CCc2c(F)cc(F)cc2C1. The van der Waals surface area contributed by atoms with Gasteiger partial charge in [-0.05, 0) is 48.7 Å². The number of hydrogen-bond acceptors (Lipinski definition) is 2. The van der Waals surface area contributed by atoms with Crippen LogP contribution < -0.4 is 0 Å². The number of nitrogens with zero attached hydrogens (tertiary/aromatic N) is 1. The Morgan fingerprint density at radius 3 is 2.95 bits per heavy atom. The van der Waals surface area contributed by atoms with Gasteiger partial charge in [0.05, 0.1) is 12.3 Å². The van der Waals surface area contributed by atoms with Crippen LogP contribution in [0.15, 0.2) is 18.3 Å². The molecule has 0 aliphatic heterocycles. The van der Waals surface area contributed by atoms with Crippen LogP contribution >= 0.6 is 12.2 Å². The fourth-order valence-corrected chi connectivity index (χ4v) is 3.27. The Kier molecular flexibility index (Phi) is 3.43. The molecule has 2 N–H and O–H groups in total. The van der Waals surface area contributed by atoms with Crippen LogP contribution in [0.3, 0.4) is 0 Å². The third-order valence-electron chi connectivity index (χ3n) is 3.85. The van der Waals surface area contributed by atoms with Crippen LogP contribution in [0.25, 0.3) is 0 Å². The van der Waals surface area contributed by atoms with Gasteiger partial charge in [0, 0.05) is 18.3 Å². The van der Waals surface area contributed by atoms with Crippen molar-refractivity contribution in [2.75, 3.05) is 0 Å². The molecule has 1 aliphatic rings. The molecule has 1 atom stereocenters. The molecule has 3 rings (SSSR count). The van der Waals surface area contributed by atoms with Gasteiger partial charge in [-0.1, -0.05) is 0 Å². The van der Waals surface area contributed by atoms with Crippen molar-refractivity contribution in [3.63, 3.8) is 0 Å². The summed E-state index contributed by atoms with van der Waals surface area (Å²) in [4.78, 5) is 2.90. The van der Waals surface area contributed by atoms with E-state index in [-0.39, 0.29) is 12.6 Å². The highest BCUT2D eigenvalue weighted by molar-refractivity contribution is 7.71. The van der Waals surface area contributed by atoms with Crippen molar-refractivity contribution in [1.29, 1.82) is 0 Å². The molecule has 1 aromatic carbocycles. The van der Waals surface area contributed by atoms with Gasteiger partial charge in [0.25, 0.3) is 0 Å². The monoisotopic (exact) mass is 296 g/mol. The number of H-pyrrole nitrogens is 1. The summed E-state index contributed by atoms with van der Waals surface area (Å²) in [6.45, 7) is -0.117. The van der Waals surface area contributed by atoms with E-state index < -0.39 is 11.6 Å². The fourth-order valence-electron chi connectivity index (χ4n) is 2.94. The van der Waals surface area contributed by atoms with E-state index in [0.29, 0.717) is 40.9 Å². The second-order valence-electron chi connectivity index (χ2n) is 5.04. The van der Waals surface area contributed by atoms with Gasteiger partial charge >= 0.3 is 0 Å². The molecule has 106 valence electrons. The van der Waals surface area contributed by atoms with Crippen molar-refractivity contribution in [3.05, 3.63) is 51.6 Å². The predicted molar refractivity (Wildman–Crippen MR) is 73.0 cm³/mol. The minimum absolute atomic E-state index is 0.0181. The van der Waals surface area contributed by atoms with Gasteiger partial charge in [-0.2, -0.15) is 0 Å². The fraction of sp³-hybridized carbons (Fsp3) is 0.357. The zero-order chi connectivity index (χ0) is 14.3. The van der Waals surface area contributed by atoms with E-state index in [1.807, 2.05) is 4.57 Å². The first-order valence-electron chi connectivity index (χ1n) is 6.46. The summed E-state index contributed by atoms with van der Waals surface area (Å²) < 4.78 is 29.4. The van der Waals surface area contributed by atoms with Gasteiger partial charge < -0.3 is 14.7 Å². The van der Waals surface area contributed by atoms with Crippen molar-refractivity contribution in [2.45, 2.75) is 31.9 Å². The topological polar surface area (TPSA) is 40.9 Å². The first-order chi connectivity index (χ1) is 9.60. The molecule has 0 spiro atoms. The minimum atomic E-state index is -0.554. The molecule has 2 aromatic rings. The van der Waals surface area contributed by atoms with Gasteiger partial charge in [-0.25, -0.2) is 8.78 Å². The molecular formula is C14H14F2N2OS. The third kappa shape index (κ3) is 2.19. The van der Waals surface area contributed by atoms with E-state index in [1.54, 1.807) is 6.20 Å². The Morgan fingerprint density at radius 1 is 1.40 bits per heavy atom. The Bertz CT molecular complexity index is 708. The number of aromatic nitrogens is 2. The van der Waals surface area contributed by atoms with E-state index in [0.717, 1.165) is 6.07 Å². The van der Waals surface area contributed by atoms with Crippen molar-refractivity contribution in [2.24, 2.45) is 0 Å². The third-order valence-corrected chi connectivity index (χ3v) is 4.17. The normalized spacial score (nSPS) is 18.1. The lowest BCUT2D eigenvalue weighted by Crippen LogP contribution is -2.21. The van der Waals surface area contributed by atoms with Gasteiger partial charge in [-0.15, -0.1) is 0 Å². The number of rotatable bonds is 2. The van der Waals surface area contributed by atoms with Gasteiger partial charge in [-0.3, -0.25) is 0 Å².